The lowest BCUT2D eigenvalue weighted by Crippen LogP contribution is -2.19. The van der Waals surface area contributed by atoms with Crippen molar-refractivity contribution in [2.45, 2.75) is 6.92 Å². The molecule has 1 aromatic carbocycles. The molecule has 1 heterocycles. The highest BCUT2D eigenvalue weighted by Crippen LogP contribution is 2.20. The number of primary amides is 1. The van der Waals surface area contributed by atoms with Gasteiger partial charge in [-0.25, -0.2) is 4.79 Å². The smallest absolute Gasteiger partial charge is 0.316 e. The first-order chi connectivity index (χ1) is 7.08. The Balaban J connectivity index is 2.52. The Hall–Kier alpha value is -2.04. The number of hydrogen-bond acceptors (Lipinski definition) is 2. The molecule has 1 aromatic heterocycles. The van der Waals surface area contributed by atoms with Gasteiger partial charge in [-0.15, -0.1) is 0 Å². The monoisotopic (exact) mass is 204 g/mol. The molecule has 0 aliphatic heterocycles. The van der Waals surface area contributed by atoms with Crippen LogP contribution in [0.1, 0.15) is 5.69 Å². The molecule has 0 spiro atoms. The van der Waals surface area contributed by atoms with E-state index < -0.39 is 6.03 Å². The second-order valence-electron chi connectivity index (χ2n) is 3.43. The van der Waals surface area contributed by atoms with Crippen molar-refractivity contribution < 1.29 is 4.79 Å². The standard InChI is InChI=1S/C10H12N4O/c1-6-8-4-3-7(12-10(11)15)5-9(8)13-14(6)2/h3-5H,1-2H3,(H3,11,12,15). The van der Waals surface area contributed by atoms with Crippen molar-refractivity contribution in [1.29, 1.82) is 0 Å². The number of amides is 2. The number of nitrogens with one attached hydrogen (secondary N) is 1. The zero-order valence-electron chi connectivity index (χ0n) is 8.61. The number of carbonyl (C=O) groups excluding carboxylic acids is 1. The third kappa shape index (κ3) is 1.63. The number of anilines is 1. The van der Waals surface area contributed by atoms with Crippen LogP contribution in [0, 0.1) is 6.92 Å². The van der Waals surface area contributed by atoms with Gasteiger partial charge in [0, 0.05) is 23.8 Å². The van der Waals surface area contributed by atoms with E-state index in [1.54, 1.807) is 10.7 Å². The molecule has 0 saturated heterocycles. The molecule has 15 heavy (non-hydrogen) atoms. The number of aromatic nitrogens is 2. The SMILES string of the molecule is Cc1c2ccc(NC(N)=O)cc2nn1C. The van der Waals surface area contributed by atoms with Crippen molar-refractivity contribution in [2.24, 2.45) is 12.8 Å². The third-order valence-electron chi connectivity index (χ3n) is 2.40. The van der Waals surface area contributed by atoms with Crippen LogP contribution in [0.2, 0.25) is 0 Å². The predicted molar refractivity (Wildman–Crippen MR) is 58.7 cm³/mol. The molecule has 0 aliphatic rings. The number of benzene rings is 1. The van der Waals surface area contributed by atoms with Crippen molar-refractivity contribution in [1.82, 2.24) is 9.78 Å². The van der Waals surface area contributed by atoms with Crippen LogP contribution in [0.4, 0.5) is 10.5 Å². The Labute approximate surface area is 86.9 Å². The maximum atomic E-state index is 10.7. The molecule has 0 radical (unpaired) electrons. The minimum Gasteiger partial charge on any atom is -0.351 e. The third-order valence-corrected chi connectivity index (χ3v) is 2.40. The van der Waals surface area contributed by atoms with Crippen molar-refractivity contribution in [2.75, 3.05) is 5.32 Å². The fourth-order valence-corrected chi connectivity index (χ4v) is 1.55. The molecular formula is C10H12N4O. The lowest BCUT2D eigenvalue weighted by molar-refractivity contribution is 0.259. The van der Waals surface area contributed by atoms with Gasteiger partial charge in [-0.2, -0.15) is 5.10 Å². The Kier molecular flexibility index (Phi) is 2.07. The summed E-state index contributed by atoms with van der Waals surface area (Å²) in [5.74, 6) is 0. The quantitative estimate of drug-likeness (QED) is 0.736. The van der Waals surface area contributed by atoms with E-state index in [0.717, 1.165) is 16.6 Å². The normalized spacial score (nSPS) is 10.5. The van der Waals surface area contributed by atoms with E-state index >= 15 is 0 Å². The number of nitrogens with zero attached hydrogens (tertiary/aromatic N) is 2. The fraction of sp³-hybridized carbons (Fsp3) is 0.200. The van der Waals surface area contributed by atoms with Crippen LogP contribution in [0.15, 0.2) is 18.2 Å². The number of urea groups is 1. The zero-order chi connectivity index (χ0) is 11.0. The maximum Gasteiger partial charge on any atom is 0.316 e. The number of aryl methyl sites for hydroxylation is 2. The molecule has 0 unspecified atom stereocenters. The summed E-state index contributed by atoms with van der Waals surface area (Å²) in [6, 6.07) is 4.96. The number of hydrogen-bond donors (Lipinski definition) is 2. The minimum absolute atomic E-state index is 0.568. The largest absolute Gasteiger partial charge is 0.351 e. The van der Waals surface area contributed by atoms with E-state index in [-0.39, 0.29) is 0 Å². The van der Waals surface area contributed by atoms with Gasteiger partial charge < -0.3 is 11.1 Å². The van der Waals surface area contributed by atoms with Gasteiger partial charge >= 0.3 is 6.03 Å². The number of rotatable bonds is 1. The lowest BCUT2D eigenvalue weighted by Gasteiger charge is -2.00. The second kappa shape index (κ2) is 3.27. The van der Waals surface area contributed by atoms with E-state index in [0.29, 0.717) is 5.69 Å². The van der Waals surface area contributed by atoms with Crippen molar-refractivity contribution in [3.8, 4) is 0 Å². The summed E-state index contributed by atoms with van der Waals surface area (Å²) in [5, 5.41) is 7.90. The van der Waals surface area contributed by atoms with Gasteiger partial charge in [-0.05, 0) is 25.1 Å². The summed E-state index contributed by atoms with van der Waals surface area (Å²) < 4.78 is 1.80. The predicted octanol–water partition coefficient (Wildman–Crippen LogP) is 1.37. The molecule has 2 aromatic rings. The molecule has 5 nitrogen and oxygen atoms in total. The molecule has 2 amide bonds. The Morgan fingerprint density at radius 3 is 2.93 bits per heavy atom. The maximum absolute atomic E-state index is 10.7. The van der Waals surface area contributed by atoms with E-state index in [1.165, 1.54) is 0 Å². The zero-order valence-corrected chi connectivity index (χ0v) is 8.61. The van der Waals surface area contributed by atoms with Gasteiger partial charge in [-0.1, -0.05) is 0 Å². The molecule has 0 aliphatic carbocycles. The van der Waals surface area contributed by atoms with Crippen molar-refractivity contribution in [3.63, 3.8) is 0 Å². The summed E-state index contributed by atoms with van der Waals surface area (Å²) in [5.41, 5.74) is 7.63. The molecule has 0 atom stereocenters. The number of carbonyl (C=O) groups is 1. The van der Waals surface area contributed by atoms with Crippen LogP contribution >= 0.6 is 0 Å². The van der Waals surface area contributed by atoms with Crippen LogP contribution in [0.3, 0.4) is 0 Å². The Bertz CT molecular complexity index is 529. The summed E-state index contributed by atoms with van der Waals surface area (Å²) in [7, 11) is 1.89. The molecule has 78 valence electrons. The van der Waals surface area contributed by atoms with E-state index in [9.17, 15) is 4.79 Å². The minimum atomic E-state index is -0.568. The van der Waals surface area contributed by atoms with Gasteiger partial charge in [-0.3, -0.25) is 4.68 Å². The molecular weight excluding hydrogens is 192 g/mol. The Morgan fingerprint density at radius 2 is 2.27 bits per heavy atom. The van der Waals surface area contributed by atoms with Crippen molar-refractivity contribution in [3.05, 3.63) is 23.9 Å². The topological polar surface area (TPSA) is 72.9 Å². The van der Waals surface area contributed by atoms with Crippen LogP contribution in [0.5, 0.6) is 0 Å². The second-order valence-corrected chi connectivity index (χ2v) is 3.43. The number of fused-ring (bicyclic) bond motifs is 1. The van der Waals surface area contributed by atoms with Gasteiger partial charge in [0.1, 0.15) is 0 Å². The van der Waals surface area contributed by atoms with Gasteiger partial charge in [0.15, 0.2) is 0 Å². The highest BCUT2D eigenvalue weighted by molar-refractivity contribution is 5.92. The van der Waals surface area contributed by atoms with Crippen LogP contribution < -0.4 is 11.1 Å². The van der Waals surface area contributed by atoms with E-state index in [2.05, 4.69) is 10.4 Å². The summed E-state index contributed by atoms with van der Waals surface area (Å²) in [4.78, 5) is 10.7. The fourth-order valence-electron chi connectivity index (χ4n) is 1.55. The molecule has 2 rings (SSSR count). The van der Waals surface area contributed by atoms with Crippen molar-refractivity contribution >= 4 is 22.6 Å². The summed E-state index contributed by atoms with van der Waals surface area (Å²) >= 11 is 0. The molecule has 0 fully saturated rings. The van der Waals surface area contributed by atoms with E-state index in [1.807, 2.05) is 26.1 Å². The first-order valence-electron chi connectivity index (χ1n) is 4.58. The Morgan fingerprint density at radius 1 is 1.53 bits per heavy atom. The molecule has 0 bridgehead atoms. The molecule has 3 N–H and O–H groups in total. The van der Waals surface area contributed by atoms with Gasteiger partial charge in [0.2, 0.25) is 0 Å². The lowest BCUT2D eigenvalue weighted by atomic mass is 10.2. The van der Waals surface area contributed by atoms with Crippen LogP contribution in [0.25, 0.3) is 10.9 Å². The molecule has 5 heteroatoms. The van der Waals surface area contributed by atoms with Crippen LogP contribution in [-0.4, -0.2) is 15.8 Å². The summed E-state index contributed by atoms with van der Waals surface area (Å²) in [6.45, 7) is 2.00. The highest BCUT2D eigenvalue weighted by atomic mass is 16.2. The first-order valence-corrected chi connectivity index (χ1v) is 4.58. The van der Waals surface area contributed by atoms with E-state index in [4.69, 9.17) is 5.73 Å². The average Bonchev–Trinajstić information content (AvgIpc) is 2.41. The molecule has 0 saturated carbocycles. The van der Waals surface area contributed by atoms with Gasteiger partial charge in [0.05, 0.1) is 5.52 Å². The first kappa shape index (κ1) is 9.51. The number of nitrogens with two attached hydrogens (primary N) is 1. The van der Waals surface area contributed by atoms with Crippen LogP contribution in [-0.2, 0) is 7.05 Å². The summed E-state index contributed by atoms with van der Waals surface area (Å²) in [6.07, 6.45) is 0. The highest BCUT2D eigenvalue weighted by Gasteiger charge is 2.05. The average molecular weight is 204 g/mol. The van der Waals surface area contributed by atoms with Gasteiger partial charge in [0.25, 0.3) is 0 Å².